The third kappa shape index (κ3) is 6.64. The first-order chi connectivity index (χ1) is 14.7. The van der Waals surface area contributed by atoms with E-state index in [1.807, 2.05) is 9.80 Å². The van der Waals surface area contributed by atoms with E-state index < -0.39 is 12.0 Å². The van der Waals surface area contributed by atoms with Crippen LogP contribution in [0.4, 0.5) is 18.9 Å². The Labute approximate surface area is 176 Å². The van der Waals surface area contributed by atoms with Gasteiger partial charge in [-0.1, -0.05) is 0 Å². The summed E-state index contributed by atoms with van der Waals surface area (Å²) in [5.74, 6) is -1.40. The predicted octanol–water partition coefficient (Wildman–Crippen LogP) is 0.900. The molecule has 1 aliphatic rings. The summed E-state index contributed by atoms with van der Waals surface area (Å²) in [5.41, 5.74) is 0.761. The smallest absolute Gasteiger partial charge is 0.383 e. The number of imidazole rings is 1. The normalized spacial score (nSPS) is 15.9. The number of piperazine rings is 1. The topological polar surface area (TPSA) is 103 Å². The molecule has 2 aromatic rings. The lowest BCUT2D eigenvalue weighted by atomic mass is 10.2. The number of hydrogen-bond acceptors (Lipinski definition) is 6. The predicted molar refractivity (Wildman–Crippen MR) is 107 cm³/mol. The first-order valence-electron chi connectivity index (χ1n) is 9.82. The molecule has 0 aliphatic carbocycles. The van der Waals surface area contributed by atoms with Gasteiger partial charge >= 0.3 is 6.18 Å². The number of carbonyl (C=O) groups is 2. The highest BCUT2D eigenvalue weighted by atomic mass is 19.4. The molecular weight excluding hydrogens is 417 g/mol. The molecule has 1 fully saturated rings. The fraction of sp³-hybridized carbons (Fsp3) is 0.526. The van der Waals surface area contributed by atoms with E-state index in [1.54, 1.807) is 7.11 Å². The molecule has 0 saturated carbocycles. The standard InChI is InChI=1S/C19H25F3N6O3/c1-31-9-4-23-16(29)11-27-5-7-28(8-6-27)12-17(30)24-13-2-3-14-15(10-13)26-18(25-14)19(20,21)22/h2-3,10H,4-9,11-12H2,1H3,(H,23,29)(H,24,30)(H,25,26). The molecule has 1 saturated heterocycles. The quantitative estimate of drug-likeness (QED) is 0.525. The van der Waals surface area contributed by atoms with Crippen molar-refractivity contribution in [2.45, 2.75) is 6.18 Å². The van der Waals surface area contributed by atoms with Gasteiger partial charge in [0, 0.05) is 45.5 Å². The highest BCUT2D eigenvalue weighted by molar-refractivity contribution is 5.94. The number of amides is 2. The Morgan fingerprint density at radius 3 is 2.39 bits per heavy atom. The number of alkyl halides is 3. The van der Waals surface area contributed by atoms with Crippen LogP contribution in [0.2, 0.25) is 0 Å². The minimum atomic E-state index is -4.56. The molecule has 0 bridgehead atoms. The molecule has 0 atom stereocenters. The second kappa shape index (κ2) is 10.1. The number of nitrogens with zero attached hydrogens (tertiary/aromatic N) is 3. The number of ether oxygens (including phenoxy) is 1. The maximum Gasteiger partial charge on any atom is 0.449 e. The maximum atomic E-state index is 12.8. The van der Waals surface area contributed by atoms with Gasteiger partial charge in [-0.05, 0) is 18.2 Å². The van der Waals surface area contributed by atoms with E-state index in [0.717, 1.165) is 0 Å². The number of carbonyl (C=O) groups excluding carboxylic acids is 2. The SMILES string of the molecule is COCCNC(=O)CN1CCN(CC(=O)Nc2ccc3nc(C(F)(F)F)[nH]c3c2)CC1. The van der Waals surface area contributed by atoms with Crippen LogP contribution in [0.5, 0.6) is 0 Å². The average Bonchev–Trinajstić information content (AvgIpc) is 3.13. The first kappa shape index (κ1) is 23.0. The van der Waals surface area contributed by atoms with Crippen molar-refractivity contribution in [3.63, 3.8) is 0 Å². The van der Waals surface area contributed by atoms with Crippen molar-refractivity contribution in [3.05, 3.63) is 24.0 Å². The van der Waals surface area contributed by atoms with Gasteiger partial charge in [-0.25, -0.2) is 4.98 Å². The van der Waals surface area contributed by atoms with E-state index in [2.05, 4.69) is 20.6 Å². The molecule has 9 nitrogen and oxygen atoms in total. The van der Waals surface area contributed by atoms with Gasteiger partial charge in [0.25, 0.3) is 0 Å². The zero-order chi connectivity index (χ0) is 22.4. The number of nitrogens with one attached hydrogen (secondary N) is 3. The van der Waals surface area contributed by atoms with Gasteiger partial charge in [-0.15, -0.1) is 0 Å². The summed E-state index contributed by atoms with van der Waals surface area (Å²) in [5, 5.41) is 5.47. The molecule has 1 aromatic heterocycles. The second-order valence-corrected chi connectivity index (χ2v) is 7.26. The van der Waals surface area contributed by atoms with Crippen LogP contribution in [0, 0.1) is 0 Å². The van der Waals surface area contributed by atoms with Gasteiger partial charge in [0.2, 0.25) is 17.6 Å². The zero-order valence-corrected chi connectivity index (χ0v) is 17.1. The molecule has 0 radical (unpaired) electrons. The molecular formula is C19H25F3N6O3. The Balaban J connectivity index is 1.44. The van der Waals surface area contributed by atoms with Crippen LogP contribution >= 0.6 is 0 Å². The van der Waals surface area contributed by atoms with E-state index in [4.69, 9.17) is 4.74 Å². The Hall–Kier alpha value is -2.70. The summed E-state index contributed by atoms with van der Waals surface area (Å²) in [6.07, 6.45) is -4.56. The van der Waals surface area contributed by atoms with Crippen molar-refractivity contribution >= 4 is 28.5 Å². The minimum absolute atomic E-state index is 0.0638. The van der Waals surface area contributed by atoms with Crippen LogP contribution in [-0.4, -0.2) is 91.1 Å². The summed E-state index contributed by atoms with van der Waals surface area (Å²) < 4.78 is 43.2. The van der Waals surface area contributed by atoms with Gasteiger partial charge in [0.15, 0.2) is 0 Å². The van der Waals surface area contributed by atoms with Gasteiger partial charge in [0.05, 0.1) is 30.7 Å². The summed E-state index contributed by atoms with van der Waals surface area (Å²) in [6, 6.07) is 4.37. The number of fused-ring (bicyclic) bond motifs is 1. The minimum Gasteiger partial charge on any atom is -0.383 e. The summed E-state index contributed by atoms with van der Waals surface area (Å²) in [4.78, 5) is 33.9. The number of hydrogen-bond donors (Lipinski definition) is 3. The third-order valence-electron chi connectivity index (χ3n) is 4.86. The molecule has 1 aromatic carbocycles. The Morgan fingerprint density at radius 1 is 1.13 bits per heavy atom. The van der Waals surface area contributed by atoms with Crippen LogP contribution in [0.3, 0.4) is 0 Å². The molecule has 3 rings (SSSR count). The second-order valence-electron chi connectivity index (χ2n) is 7.26. The molecule has 12 heteroatoms. The van der Waals surface area contributed by atoms with E-state index in [-0.39, 0.29) is 29.4 Å². The lowest BCUT2D eigenvalue weighted by molar-refractivity contribution is -0.144. The average molecular weight is 442 g/mol. The molecule has 2 amide bonds. The van der Waals surface area contributed by atoms with Crippen molar-refractivity contribution in [1.82, 2.24) is 25.1 Å². The fourth-order valence-electron chi connectivity index (χ4n) is 3.28. The highest BCUT2D eigenvalue weighted by Crippen LogP contribution is 2.29. The van der Waals surface area contributed by atoms with Crippen molar-refractivity contribution in [2.75, 3.05) is 64.8 Å². The number of aromatic amines is 1. The fourth-order valence-corrected chi connectivity index (χ4v) is 3.28. The molecule has 170 valence electrons. The van der Waals surface area contributed by atoms with E-state index >= 15 is 0 Å². The number of benzene rings is 1. The number of rotatable bonds is 8. The number of methoxy groups -OCH3 is 1. The third-order valence-corrected chi connectivity index (χ3v) is 4.86. The maximum absolute atomic E-state index is 12.8. The number of aromatic nitrogens is 2. The lowest BCUT2D eigenvalue weighted by Crippen LogP contribution is -2.51. The van der Waals surface area contributed by atoms with E-state index in [1.165, 1.54) is 18.2 Å². The highest BCUT2D eigenvalue weighted by Gasteiger charge is 2.34. The van der Waals surface area contributed by atoms with Crippen LogP contribution in [0.1, 0.15) is 5.82 Å². The molecule has 0 unspecified atom stereocenters. The van der Waals surface area contributed by atoms with E-state index in [0.29, 0.717) is 51.6 Å². The Bertz CT molecular complexity index is 909. The van der Waals surface area contributed by atoms with Crippen molar-refractivity contribution in [3.8, 4) is 0 Å². The summed E-state index contributed by atoms with van der Waals surface area (Å²) >= 11 is 0. The number of halogens is 3. The van der Waals surface area contributed by atoms with Gasteiger partial charge in [-0.3, -0.25) is 19.4 Å². The van der Waals surface area contributed by atoms with Crippen molar-refractivity contribution < 1.29 is 27.5 Å². The molecule has 2 heterocycles. The number of anilines is 1. The van der Waals surface area contributed by atoms with E-state index in [9.17, 15) is 22.8 Å². The van der Waals surface area contributed by atoms with Crippen molar-refractivity contribution in [2.24, 2.45) is 0 Å². The summed E-state index contributed by atoms with van der Waals surface area (Å²) in [6.45, 7) is 3.97. The van der Waals surface area contributed by atoms with Crippen molar-refractivity contribution in [1.29, 1.82) is 0 Å². The largest absolute Gasteiger partial charge is 0.449 e. The summed E-state index contributed by atoms with van der Waals surface area (Å²) in [7, 11) is 1.57. The lowest BCUT2D eigenvalue weighted by Gasteiger charge is -2.33. The molecule has 1 aliphatic heterocycles. The van der Waals surface area contributed by atoms with Crippen LogP contribution in [-0.2, 0) is 20.5 Å². The monoisotopic (exact) mass is 442 g/mol. The first-order valence-corrected chi connectivity index (χ1v) is 9.82. The number of H-pyrrole nitrogens is 1. The molecule has 0 spiro atoms. The van der Waals surface area contributed by atoms with Crippen LogP contribution in [0.25, 0.3) is 11.0 Å². The molecule has 31 heavy (non-hydrogen) atoms. The molecule has 3 N–H and O–H groups in total. The van der Waals surface area contributed by atoms with Crippen LogP contribution < -0.4 is 10.6 Å². The zero-order valence-electron chi connectivity index (χ0n) is 17.1. The van der Waals surface area contributed by atoms with Crippen LogP contribution in [0.15, 0.2) is 18.2 Å². The van der Waals surface area contributed by atoms with Gasteiger partial charge < -0.3 is 20.4 Å². The Kier molecular flexibility index (Phi) is 7.46. The van der Waals surface area contributed by atoms with Gasteiger partial charge in [0.1, 0.15) is 0 Å². The Morgan fingerprint density at radius 2 is 1.77 bits per heavy atom. The van der Waals surface area contributed by atoms with Gasteiger partial charge in [-0.2, -0.15) is 13.2 Å².